The maximum absolute atomic E-state index is 12.3. The predicted molar refractivity (Wildman–Crippen MR) is 96.1 cm³/mol. The summed E-state index contributed by atoms with van der Waals surface area (Å²) in [6.07, 6.45) is 6.35. The average molecular weight is 315 g/mol. The van der Waals surface area contributed by atoms with Gasteiger partial charge in [0.2, 0.25) is 0 Å². The highest BCUT2D eigenvalue weighted by Gasteiger charge is 2.07. The maximum Gasteiger partial charge on any atom is 0.251 e. The fourth-order valence-corrected chi connectivity index (χ4v) is 2.98. The van der Waals surface area contributed by atoms with E-state index in [1.165, 1.54) is 10.9 Å². The van der Waals surface area contributed by atoms with Gasteiger partial charge in [0.05, 0.1) is 0 Å². The van der Waals surface area contributed by atoms with Crippen LogP contribution in [0.25, 0.3) is 21.7 Å². The lowest BCUT2D eigenvalue weighted by molar-refractivity contribution is 0.0954. The smallest absolute Gasteiger partial charge is 0.251 e. The molecule has 0 atom stereocenters. The number of nitrogens with one attached hydrogen (secondary N) is 2. The molecule has 2 heterocycles. The summed E-state index contributed by atoms with van der Waals surface area (Å²) in [5.74, 6) is -0.0476. The van der Waals surface area contributed by atoms with Crippen LogP contribution in [-0.2, 0) is 6.42 Å². The summed E-state index contributed by atoms with van der Waals surface area (Å²) in [6, 6.07) is 15.8. The first-order valence-corrected chi connectivity index (χ1v) is 7.98. The number of para-hydroxylation sites is 1. The molecule has 0 aliphatic rings. The minimum Gasteiger partial charge on any atom is -0.361 e. The Hall–Kier alpha value is -3.14. The van der Waals surface area contributed by atoms with Crippen molar-refractivity contribution in [3.05, 3.63) is 78.2 Å². The van der Waals surface area contributed by atoms with Crippen LogP contribution in [0.2, 0.25) is 0 Å². The lowest BCUT2D eigenvalue weighted by Gasteiger charge is -2.06. The quantitative estimate of drug-likeness (QED) is 0.603. The van der Waals surface area contributed by atoms with Gasteiger partial charge in [-0.1, -0.05) is 24.3 Å². The molecule has 4 rings (SSSR count). The van der Waals surface area contributed by atoms with Gasteiger partial charge < -0.3 is 10.3 Å². The Morgan fingerprint density at radius 1 is 1.08 bits per heavy atom. The maximum atomic E-state index is 12.3. The van der Waals surface area contributed by atoms with Gasteiger partial charge in [-0.15, -0.1) is 0 Å². The van der Waals surface area contributed by atoms with E-state index in [0.717, 1.165) is 22.7 Å². The van der Waals surface area contributed by atoms with E-state index in [4.69, 9.17) is 0 Å². The summed E-state index contributed by atoms with van der Waals surface area (Å²) in [4.78, 5) is 19.7. The van der Waals surface area contributed by atoms with Crippen molar-refractivity contribution < 1.29 is 4.79 Å². The van der Waals surface area contributed by atoms with E-state index in [-0.39, 0.29) is 5.91 Å². The summed E-state index contributed by atoms with van der Waals surface area (Å²) in [5, 5.41) is 6.27. The molecule has 0 aliphatic carbocycles. The van der Waals surface area contributed by atoms with E-state index < -0.39 is 0 Å². The molecule has 4 heteroatoms. The highest BCUT2D eigenvalue weighted by Crippen LogP contribution is 2.18. The molecule has 24 heavy (non-hydrogen) atoms. The number of rotatable bonds is 4. The van der Waals surface area contributed by atoms with Crippen molar-refractivity contribution in [1.29, 1.82) is 0 Å². The third kappa shape index (κ3) is 2.74. The Bertz CT molecular complexity index is 1020. The van der Waals surface area contributed by atoms with Crippen molar-refractivity contribution in [2.75, 3.05) is 6.54 Å². The monoisotopic (exact) mass is 315 g/mol. The fourth-order valence-electron chi connectivity index (χ4n) is 2.98. The first-order valence-electron chi connectivity index (χ1n) is 7.98. The number of carbonyl (C=O) groups excluding carboxylic acids is 1. The second kappa shape index (κ2) is 6.16. The summed E-state index contributed by atoms with van der Waals surface area (Å²) in [7, 11) is 0. The minimum atomic E-state index is -0.0476. The van der Waals surface area contributed by atoms with Crippen molar-refractivity contribution >= 4 is 27.6 Å². The predicted octanol–water partition coefficient (Wildman–Crippen LogP) is 3.69. The molecule has 0 saturated heterocycles. The normalized spacial score (nSPS) is 11.0. The van der Waals surface area contributed by atoms with Crippen LogP contribution in [0, 0.1) is 0 Å². The van der Waals surface area contributed by atoms with E-state index in [1.807, 2.05) is 42.6 Å². The molecule has 0 bridgehead atoms. The number of benzene rings is 2. The summed E-state index contributed by atoms with van der Waals surface area (Å²) in [6.45, 7) is 0.606. The molecule has 1 amide bonds. The molecule has 4 nitrogen and oxygen atoms in total. The van der Waals surface area contributed by atoms with Gasteiger partial charge >= 0.3 is 0 Å². The third-order valence-electron chi connectivity index (χ3n) is 4.26. The Morgan fingerprint density at radius 3 is 2.96 bits per heavy atom. The average Bonchev–Trinajstić information content (AvgIpc) is 3.04. The molecule has 0 fully saturated rings. The topological polar surface area (TPSA) is 57.8 Å². The number of hydrogen-bond acceptors (Lipinski definition) is 2. The van der Waals surface area contributed by atoms with Crippen LogP contribution in [0.3, 0.4) is 0 Å². The number of amides is 1. The molecule has 0 saturated carbocycles. The molecule has 2 aromatic carbocycles. The van der Waals surface area contributed by atoms with Crippen molar-refractivity contribution in [1.82, 2.24) is 15.3 Å². The number of carbonyl (C=O) groups is 1. The summed E-state index contributed by atoms with van der Waals surface area (Å²) < 4.78 is 0. The number of fused-ring (bicyclic) bond motifs is 2. The molecule has 4 aromatic rings. The molecule has 2 aromatic heterocycles. The van der Waals surface area contributed by atoms with E-state index in [9.17, 15) is 4.79 Å². The number of H-pyrrole nitrogens is 1. The number of hydrogen-bond donors (Lipinski definition) is 2. The highest BCUT2D eigenvalue weighted by molar-refractivity contribution is 5.98. The lowest BCUT2D eigenvalue weighted by atomic mass is 10.1. The van der Waals surface area contributed by atoms with Gasteiger partial charge in [-0.05, 0) is 41.6 Å². The van der Waals surface area contributed by atoms with Gasteiger partial charge in [0.15, 0.2) is 0 Å². The van der Waals surface area contributed by atoms with Crippen molar-refractivity contribution in [2.45, 2.75) is 6.42 Å². The molecule has 0 unspecified atom stereocenters. The van der Waals surface area contributed by atoms with Gasteiger partial charge in [-0.25, -0.2) is 0 Å². The third-order valence-corrected chi connectivity index (χ3v) is 4.26. The fraction of sp³-hybridized carbons (Fsp3) is 0.100. The van der Waals surface area contributed by atoms with Crippen LogP contribution >= 0.6 is 0 Å². The molecule has 0 aliphatic heterocycles. The molecular formula is C20H17N3O. The van der Waals surface area contributed by atoms with Crippen LogP contribution in [0.5, 0.6) is 0 Å². The van der Waals surface area contributed by atoms with Crippen molar-refractivity contribution in [2.24, 2.45) is 0 Å². The Morgan fingerprint density at radius 2 is 2.00 bits per heavy atom. The first-order chi connectivity index (χ1) is 11.8. The second-order valence-corrected chi connectivity index (χ2v) is 5.80. The zero-order chi connectivity index (χ0) is 16.4. The van der Waals surface area contributed by atoms with E-state index in [2.05, 4.69) is 27.4 Å². The Kier molecular flexibility index (Phi) is 3.71. The number of pyridine rings is 1. The molecule has 118 valence electrons. The minimum absolute atomic E-state index is 0.0476. The van der Waals surface area contributed by atoms with E-state index >= 15 is 0 Å². The second-order valence-electron chi connectivity index (χ2n) is 5.80. The zero-order valence-corrected chi connectivity index (χ0v) is 13.1. The number of nitrogens with zero attached hydrogens (tertiary/aromatic N) is 1. The highest BCUT2D eigenvalue weighted by atomic mass is 16.1. The summed E-state index contributed by atoms with van der Waals surface area (Å²) >= 11 is 0. The molecule has 0 spiro atoms. The number of aromatic nitrogens is 2. The molecular weight excluding hydrogens is 298 g/mol. The van der Waals surface area contributed by atoms with Gasteiger partial charge in [-0.3, -0.25) is 9.78 Å². The van der Waals surface area contributed by atoms with Gasteiger partial charge in [-0.2, -0.15) is 0 Å². The van der Waals surface area contributed by atoms with Crippen molar-refractivity contribution in [3.63, 3.8) is 0 Å². The van der Waals surface area contributed by atoms with Crippen LogP contribution in [0.4, 0.5) is 0 Å². The Labute approximate surface area is 139 Å². The summed E-state index contributed by atoms with van der Waals surface area (Å²) in [5.41, 5.74) is 3.02. The largest absolute Gasteiger partial charge is 0.361 e. The molecule has 2 N–H and O–H groups in total. The van der Waals surface area contributed by atoms with E-state index in [0.29, 0.717) is 12.1 Å². The first kappa shape index (κ1) is 14.5. The zero-order valence-electron chi connectivity index (χ0n) is 13.1. The molecule has 0 radical (unpaired) electrons. The van der Waals surface area contributed by atoms with Crippen molar-refractivity contribution in [3.8, 4) is 0 Å². The Balaban J connectivity index is 1.44. The standard InChI is InChI=1S/C20H17N3O/c24-20(15-5-6-16-12-21-9-7-14(16)11-15)22-10-8-17-13-23-19-4-2-1-3-18(17)19/h1-7,9,11-13,23H,8,10H2,(H,22,24). The van der Waals surface area contributed by atoms with Crippen LogP contribution in [-0.4, -0.2) is 22.4 Å². The SMILES string of the molecule is O=C(NCCc1c[nH]c2ccccc12)c1ccc2cnccc2c1. The lowest BCUT2D eigenvalue weighted by Crippen LogP contribution is -2.25. The van der Waals surface area contributed by atoms with Crippen LogP contribution < -0.4 is 5.32 Å². The van der Waals surface area contributed by atoms with Gasteiger partial charge in [0, 0.05) is 47.0 Å². The van der Waals surface area contributed by atoms with Gasteiger partial charge in [0.25, 0.3) is 5.91 Å². The van der Waals surface area contributed by atoms with Crippen LogP contribution in [0.1, 0.15) is 15.9 Å². The van der Waals surface area contributed by atoms with Crippen LogP contribution in [0.15, 0.2) is 67.1 Å². The number of aromatic amines is 1. The van der Waals surface area contributed by atoms with E-state index in [1.54, 1.807) is 12.4 Å². The van der Waals surface area contributed by atoms with Gasteiger partial charge in [0.1, 0.15) is 0 Å².